The van der Waals surface area contributed by atoms with E-state index in [9.17, 15) is 13.2 Å². The number of carbonyl (C=O) groups is 1. The zero-order chi connectivity index (χ0) is 14.8. The number of carbonyl (C=O) groups excluding carboxylic acids is 1. The van der Waals surface area contributed by atoms with Crippen LogP contribution in [0.25, 0.3) is 0 Å². The van der Waals surface area contributed by atoms with Crippen molar-refractivity contribution < 1.29 is 13.2 Å². The van der Waals surface area contributed by atoms with E-state index >= 15 is 0 Å². The van der Waals surface area contributed by atoms with Crippen LogP contribution >= 0.6 is 0 Å². The maximum atomic E-state index is 12.3. The first-order chi connectivity index (χ1) is 9.48. The minimum Gasteiger partial charge on any atom is -0.313 e. The van der Waals surface area contributed by atoms with E-state index in [0.29, 0.717) is 12.1 Å². The van der Waals surface area contributed by atoms with E-state index in [-0.39, 0.29) is 17.0 Å². The van der Waals surface area contributed by atoms with Crippen LogP contribution in [0.2, 0.25) is 0 Å². The number of benzene rings is 1. The Hall–Kier alpha value is -1.66. The summed E-state index contributed by atoms with van der Waals surface area (Å²) >= 11 is 0. The highest BCUT2D eigenvalue weighted by Crippen LogP contribution is 2.30. The number of sulfonamides is 1. The molecule has 20 heavy (non-hydrogen) atoms. The smallest absolute Gasteiger partial charge is 0.269 e. The molecule has 0 fully saturated rings. The van der Waals surface area contributed by atoms with Crippen molar-refractivity contribution in [2.75, 3.05) is 19.6 Å². The van der Waals surface area contributed by atoms with Crippen molar-refractivity contribution in [3.8, 4) is 0 Å². The maximum absolute atomic E-state index is 12.3. The van der Waals surface area contributed by atoms with Crippen molar-refractivity contribution in [3.63, 3.8) is 0 Å². The molecule has 0 aliphatic carbocycles. The van der Waals surface area contributed by atoms with Crippen molar-refractivity contribution >= 4 is 15.9 Å². The minimum atomic E-state index is -3.73. The molecule has 1 aliphatic rings. The molecule has 0 spiro atoms. The lowest BCUT2D eigenvalue weighted by Crippen LogP contribution is -2.34. The monoisotopic (exact) mass is 294 g/mol. The Balaban J connectivity index is 2.15. The molecule has 108 valence electrons. The number of rotatable bonds is 6. The second-order valence-electron chi connectivity index (χ2n) is 4.74. The second kappa shape index (κ2) is 5.76. The van der Waals surface area contributed by atoms with Gasteiger partial charge in [0.1, 0.15) is 4.90 Å². The fraction of sp³-hybridized carbons (Fsp3) is 0.357. The fourth-order valence-electron chi connectivity index (χ4n) is 2.09. The Labute approximate surface area is 119 Å². The molecule has 0 unspecified atom stereocenters. The first-order valence-electron chi connectivity index (χ1n) is 6.52. The molecule has 0 bridgehead atoms. The second-order valence-corrected chi connectivity index (χ2v) is 6.57. The van der Waals surface area contributed by atoms with Gasteiger partial charge in [0, 0.05) is 6.54 Å². The molecule has 6 heteroatoms. The number of nitrogens with zero attached hydrogens (tertiary/aromatic N) is 1. The summed E-state index contributed by atoms with van der Waals surface area (Å²) in [5.74, 6) is -0.475. The molecule has 1 aromatic rings. The van der Waals surface area contributed by atoms with Crippen LogP contribution in [-0.4, -0.2) is 38.3 Å². The Morgan fingerprint density at radius 3 is 2.70 bits per heavy atom. The third-order valence-electron chi connectivity index (χ3n) is 3.08. The number of hydrogen-bond acceptors (Lipinski definition) is 4. The highest BCUT2D eigenvalue weighted by atomic mass is 32.2. The van der Waals surface area contributed by atoms with Gasteiger partial charge in [0.2, 0.25) is 0 Å². The standard InChI is InChI=1S/C14H18N2O3S/c1-3-8-15-9-11(2)10-16-14(17)12-6-4-5-7-13(12)20(16,18)19/h4-7,15H,2-3,8-10H2,1H3. The van der Waals surface area contributed by atoms with Gasteiger partial charge >= 0.3 is 0 Å². The minimum absolute atomic E-state index is 0.0204. The molecule has 1 aliphatic heterocycles. The third-order valence-corrected chi connectivity index (χ3v) is 4.87. The van der Waals surface area contributed by atoms with Crippen LogP contribution in [-0.2, 0) is 10.0 Å². The molecule has 5 nitrogen and oxygen atoms in total. The van der Waals surface area contributed by atoms with E-state index in [1.54, 1.807) is 12.1 Å². The highest BCUT2D eigenvalue weighted by molar-refractivity contribution is 7.90. The van der Waals surface area contributed by atoms with E-state index in [2.05, 4.69) is 11.9 Å². The first-order valence-corrected chi connectivity index (χ1v) is 7.96. The SMILES string of the molecule is C=C(CNCCC)CN1C(=O)c2ccccc2S1(=O)=O. The molecular formula is C14H18N2O3S. The van der Waals surface area contributed by atoms with Crippen LogP contribution in [0.15, 0.2) is 41.3 Å². The number of nitrogens with one attached hydrogen (secondary N) is 1. The molecule has 0 saturated heterocycles. The summed E-state index contributed by atoms with van der Waals surface area (Å²) in [6.45, 7) is 7.23. The quantitative estimate of drug-likeness (QED) is 0.636. The molecule has 0 atom stereocenters. The lowest BCUT2D eigenvalue weighted by Gasteiger charge is -2.17. The Bertz CT molecular complexity index is 638. The lowest BCUT2D eigenvalue weighted by molar-refractivity contribution is 0.0878. The first kappa shape index (κ1) is 14.7. The van der Waals surface area contributed by atoms with Gasteiger partial charge in [-0.2, -0.15) is 0 Å². The Morgan fingerprint density at radius 1 is 1.35 bits per heavy atom. The van der Waals surface area contributed by atoms with Crippen molar-refractivity contribution in [2.45, 2.75) is 18.2 Å². The van der Waals surface area contributed by atoms with E-state index in [1.165, 1.54) is 12.1 Å². The van der Waals surface area contributed by atoms with Gasteiger partial charge in [-0.25, -0.2) is 12.7 Å². The van der Waals surface area contributed by atoms with Gasteiger partial charge < -0.3 is 5.32 Å². The number of amides is 1. The van der Waals surface area contributed by atoms with Gasteiger partial charge in [-0.15, -0.1) is 0 Å². The van der Waals surface area contributed by atoms with Crippen molar-refractivity contribution in [1.82, 2.24) is 9.62 Å². The largest absolute Gasteiger partial charge is 0.313 e. The summed E-state index contributed by atoms with van der Waals surface area (Å²) in [6.07, 6.45) is 0.986. The Kier molecular flexibility index (Phi) is 4.25. The summed E-state index contributed by atoms with van der Waals surface area (Å²) in [6, 6.07) is 6.27. The molecule has 1 N–H and O–H groups in total. The van der Waals surface area contributed by atoms with Gasteiger partial charge in [-0.1, -0.05) is 25.6 Å². The van der Waals surface area contributed by atoms with Gasteiger partial charge in [0.25, 0.3) is 15.9 Å². The van der Waals surface area contributed by atoms with Crippen molar-refractivity contribution in [2.24, 2.45) is 0 Å². The molecule has 1 amide bonds. The molecule has 0 aromatic heterocycles. The maximum Gasteiger partial charge on any atom is 0.269 e. The van der Waals surface area contributed by atoms with Crippen LogP contribution in [0.5, 0.6) is 0 Å². The number of fused-ring (bicyclic) bond motifs is 1. The van der Waals surface area contributed by atoms with E-state index in [4.69, 9.17) is 0 Å². The zero-order valence-electron chi connectivity index (χ0n) is 11.4. The predicted octanol–water partition coefficient (Wildman–Crippen LogP) is 1.39. The van der Waals surface area contributed by atoms with E-state index in [1.807, 2.05) is 6.92 Å². The summed E-state index contributed by atoms with van der Waals surface area (Å²) in [5.41, 5.74) is 0.907. The average molecular weight is 294 g/mol. The van der Waals surface area contributed by atoms with Crippen LogP contribution in [0.1, 0.15) is 23.7 Å². The third kappa shape index (κ3) is 2.62. The van der Waals surface area contributed by atoms with Crippen LogP contribution in [0, 0.1) is 0 Å². The van der Waals surface area contributed by atoms with E-state index in [0.717, 1.165) is 17.3 Å². The van der Waals surface area contributed by atoms with Gasteiger partial charge in [0.15, 0.2) is 0 Å². The predicted molar refractivity (Wildman–Crippen MR) is 77.0 cm³/mol. The van der Waals surface area contributed by atoms with Crippen LogP contribution in [0.3, 0.4) is 0 Å². The summed E-state index contributed by atoms with van der Waals surface area (Å²) < 4.78 is 25.5. The molecule has 2 rings (SSSR count). The molecule has 1 aromatic carbocycles. The molecular weight excluding hydrogens is 276 g/mol. The molecule has 1 heterocycles. The van der Waals surface area contributed by atoms with Crippen LogP contribution in [0.4, 0.5) is 0 Å². The normalized spacial score (nSPS) is 16.2. The van der Waals surface area contributed by atoms with E-state index < -0.39 is 15.9 Å². The van der Waals surface area contributed by atoms with Gasteiger partial charge in [-0.05, 0) is 30.7 Å². The zero-order valence-corrected chi connectivity index (χ0v) is 12.2. The number of hydrogen-bond donors (Lipinski definition) is 1. The summed E-state index contributed by atoms with van der Waals surface area (Å²) in [5, 5.41) is 3.14. The molecule has 0 radical (unpaired) electrons. The lowest BCUT2D eigenvalue weighted by atomic mass is 10.2. The van der Waals surface area contributed by atoms with Gasteiger partial charge in [-0.3, -0.25) is 4.79 Å². The van der Waals surface area contributed by atoms with Crippen molar-refractivity contribution in [3.05, 3.63) is 42.0 Å². The average Bonchev–Trinajstić information content (AvgIpc) is 2.61. The Morgan fingerprint density at radius 2 is 2.05 bits per heavy atom. The summed E-state index contributed by atoms with van der Waals surface area (Å²) in [4.78, 5) is 12.2. The highest BCUT2D eigenvalue weighted by Gasteiger charge is 2.40. The van der Waals surface area contributed by atoms with Gasteiger partial charge in [0.05, 0.1) is 12.1 Å². The van der Waals surface area contributed by atoms with Crippen molar-refractivity contribution in [1.29, 1.82) is 0 Å². The molecule has 0 saturated carbocycles. The topological polar surface area (TPSA) is 66.5 Å². The summed E-state index contributed by atoms with van der Waals surface area (Å²) in [7, 11) is -3.73. The fourth-order valence-corrected chi connectivity index (χ4v) is 3.68. The van der Waals surface area contributed by atoms with Crippen LogP contribution < -0.4 is 5.32 Å².